The van der Waals surface area contributed by atoms with Gasteiger partial charge >= 0.3 is 5.97 Å². The van der Waals surface area contributed by atoms with Gasteiger partial charge in [-0.3, -0.25) is 9.59 Å². The number of aliphatic hydroxyl groups is 2. The van der Waals surface area contributed by atoms with E-state index in [1.807, 2.05) is 0 Å². The van der Waals surface area contributed by atoms with Gasteiger partial charge in [-0.2, -0.15) is 0 Å². The van der Waals surface area contributed by atoms with Crippen LogP contribution >= 0.6 is 0 Å². The number of rotatable bonds is 71. The SMILES string of the molecule is CCCCCCCCCCCCCCCCCCCCCC(=O)OCCCCCCCCCCCCCCCCCCCCCCCCCCCCCCCC(=O)NC(CO)C(O)CCCCCCCCCCCCCCCCC. The molecule has 0 aliphatic carbocycles. The number of amides is 1. The van der Waals surface area contributed by atoms with E-state index in [9.17, 15) is 19.8 Å². The second-order valence-electron chi connectivity index (χ2n) is 26.0. The first-order valence-corrected chi connectivity index (χ1v) is 37.3. The molecule has 0 aromatic heterocycles. The van der Waals surface area contributed by atoms with Gasteiger partial charge in [0.05, 0.1) is 25.4 Å². The number of hydrogen-bond donors (Lipinski definition) is 3. The highest BCUT2D eigenvalue weighted by Crippen LogP contribution is 2.20. The Hall–Kier alpha value is -1.14. The maximum atomic E-state index is 12.5. The fourth-order valence-electron chi connectivity index (χ4n) is 12.2. The average molecular weight is 1130 g/mol. The van der Waals surface area contributed by atoms with Gasteiger partial charge < -0.3 is 20.3 Å². The van der Waals surface area contributed by atoms with Crippen molar-refractivity contribution in [2.24, 2.45) is 0 Å². The van der Waals surface area contributed by atoms with Gasteiger partial charge in [0.1, 0.15) is 0 Å². The molecule has 0 radical (unpaired) electrons. The normalized spacial score (nSPS) is 12.4. The highest BCUT2D eigenvalue weighted by atomic mass is 16.5. The van der Waals surface area contributed by atoms with Crippen molar-refractivity contribution in [2.75, 3.05) is 13.2 Å². The Balaban J connectivity index is 3.30. The van der Waals surface area contributed by atoms with E-state index in [1.54, 1.807) is 0 Å². The van der Waals surface area contributed by atoms with Crippen molar-refractivity contribution in [3.63, 3.8) is 0 Å². The average Bonchev–Trinajstić information content (AvgIpc) is 3.46. The van der Waals surface area contributed by atoms with Gasteiger partial charge in [0.2, 0.25) is 5.91 Å². The summed E-state index contributed by atoms with van der Waals surface area (Å²) in [4.78, 5) is 24.6. The number of aliphatic hydroxyl groups excluding tert-OH is 2. The number of carbonyl (C=O) groups is 2. The van der Waals surface area contributed by atoms with Crippen molar-refractivity contribution >= 4 is 11.9 Å². The molecular weight excluding hydrogens is 983 g/mol. The third-order valence-corrected chi connectivity index (χ3v) is 17.9. The quantitative estimate of drug-likeness (QED) is 0.0417. The maximum absolute atomic E-state index is 12.5. The molecule has 0 bridgehead atoms. The van der Waals surface area contributed by atoms with Crippen LogP contribution < -0.4 is 5.32 Å². The molecule has 6 nitrogen and oxygen atoms in total. The molecule has 0 aliphatic rings. The lowest BCUT2D eigenvalue weighted by molar-refractivity contribution is -0.143. The lowest BCUT2D eigenvalue weighted by atomic mass is 10.0. The van der Waals surface area contributed by atoms with Crippen molar-refractivity contribution in [2.45, 2.75) is 450 Å². The largest absolute Gasteiger partial charge is 0.466 e. The molecule has 0 aromatic rings. The van der Waals surface area contributed by atoms with Gasteiger partial charge in [0, 0.05) is 12.8 Å². The third-order valence-electron chi connectivity index (χ3n) is 17.9. The van der Waals surface area contributed by atoms with Crippen molar-refractivity contribution in [3.8, 4) is 0 Å². The number of carbonyl (C=O) groups excluding carboxylic acids is 2. The molecule has 2 atom stereocenters. The first kappa shape index (κ1) is 78.9. The van der Waals surface area contributed by atoms with Crippen molar-refractivity contribution in [1.29, 1.82) is 0 Å². The van der Waals surface area contributed by atoms with Crippen LogP contribution in [0.15, 0.2) is 0 Å². The molecule has 1 amide bonds. The van der Waals surface area contributed by atoms with Crippen LogP contribution in [0.25, 0.3) is 0 Å². The lowest BCUT2D eigenvalue weighted by Gasteiger charge is -2.22. The highest BCUT2D eigenvalue weighted by Gasteiger charge is 2.20. The second kappa shape index (κ2) is 70.3. The molecule has 0 aromatic carbocycles. The smallest absolute Gasteiger partial charge is 0.305 e. The van der Waals surface area contributed by atoms with Gasteiger partial charge in [0.15, 0.2) is 0 Å². The minimum Gasteiger partial charge on any atom is -0.466 e. The standard InChI is InChI=1S/C74H147NO5/c1-3-5-7-9-11-13-15-17-19-20-32-36-40-44-48-52-56-60-64-68-74(79)80-69-65-61-57-53-49-45-41-37-34-31-29-27-25-23-21-22-24-26-28-30-33-35-39-43-47-51-55-59-63-67-73(78)75-71(70-76)72(77)66-62-58-54-50-46-42-38-18-16-14-12-10-8-6-4-2/h71-72,76-77H,3-70H2,1-2H3,(H,75,78). The topological polar surface area (TPSA) is 95.9 Å². The van der Waals surface area contributed by atoms with Crippen LogP contribution in [-0.2, 0) is 14.3 Å². The Morgan fingerprint density at radius 1 is 0.300 bits per heavy atom. The Morgan fingerprint density at radius 2 is 0.512 bits per heavy atom. The van der Waals surface area contributed by atoms with E-state index in [0.717, 1.165) is 38.5 Å². The van der Waals surface area contributed by atoms with Crippen LogP contribution in [0.5, 0.6) is 0 Å². The summed E-state index contributed by atoms with van der Waals surface area (Å²) in [6.07, 6.45) is 86.0. The summed E-state index contributed by atoms with van der Waals surface area (Å²) in [7, 11) is 0. The zero-order valence-electron chi connectivity index (χ0n) is 54.9. The van der Waals surface area contributed by atoms with Gasteiger partial charge in [0.25, 0.3) is 0 Å². The molecular formula is C74H147NO5. The van der Waals surface area contributed by atoms with Crippen molar-refractivity contribution in [3.05, 3.63) is 0 Å². The molecule has 3 N–H and O–H groups in total. The molecule has 0 rings (SSSR count). The zero-order chi connectivity index (χ0) is 57.8. The molecule has 2 unspecified atom stereocenters. The van der Waals surface area contributed by atoms with Gasteiger partial charge in [-0.15, -0.1) is 0 Å². The number of ether oxygens (including phenoxy) is 1. The second-order valence-corrected chi connectivity index (χ2v) is 26.0. The Kier molecular flexibility index (Phi) is 69.3. The first-order valence-electron chi connectivity index (χ1n) is 37.3. The summed E-state index contributed by atoms with van der Waals surface area (Å²) in [6, 6.07) is -0.537. The Labute approximate surface area is 502 Å². The molecule has 0 spiro atoms. The van der Waals surface area contributed by atoms with Crippen LogP contribution in [0.1, 0.15) is 438 Å². The Morgan fingerprint density at radius 3 is 0.762 bits per heavy atom. The van der Waals surface area contributed by atoms with E-state index in [-0.39, 0.29) is 18.5 Å². The van der Waals surface area contributed by atoms with Gasteiger partial charge in [-0.1, -0.05) is 399 Å². The van der Waals surface area contributed by atoms with Gasteiger partial charge in [-0.25, -0.2) is 0 Å². The molecule has 0 aliphatic heterocycles. The molecule has 80 heavy (non-hydrogen) atoms. The number of esters is 1. The number of hydrogen-bond acceptors (Lipinski definition) is 5. The summed E-state index contributed by atoms with van der Waals surface area (Å²) in [5.74, 6) is -0.00169. The first-order chi connectivity index (χ1) is 39.5. The van der Waals surface area contributed by atoms with Crippen molar-refractivity contribution in [1.82, 2.24) is 5.32 Å². The molecule has 0 fully saturated rings. The van der Waals surface area contributed by atoms with E-state index >= 15 is 0 Å². The van der Waals surface area contributed by atoms with Crippen LogP contribution in [0.3, 0.4) is 0 Å². The van der Waals surface area contributed by atoms with Crippen LogP contribution in [0.4, 0.5) is 0 Å². The fraction of sp³-hybridized carbons (Fsp3) is 0.973. The van der Waals surface area contributed by atoms with E-state index in [2.05, 4.69) is 19.2 Å². The van der Waals surface area contributed by atoms with Crippen LogP contribution in [-0.4, -0.2) is 47.4 Å². The van der Waals surface area contributed by atoms with Crippen LogP contribution in [0, 0.1) is 0 Å². The molecule has 0 saturated carbocycles. The minimum absolute atomic E-state index is 0.0257. The number of nitrogens with one attached hydrogen (secondary N) is 1. The van der Waals surface area contributed by atoms with E-state index in [1.165, 1.54) is 366 Å². The minimum atomic E-state index is -0.660. The molecule has 0 saturated heterocycles. The summed E-state index contributed by atoms with van der Waals surface area (Å²) >= 11 is 0. The highest BCUT2D eigenvalue weighted by molar-refractivity contribution is 5.76. The summed E-state index contributed by atoms with van der Waals surface area (Å²) in [5.41, 5.74) is 0. The fourth-order valence-corrected chi connectivity index (χ4v) is 12.2. The van der Waals surface area contributed by atoms with Gasteiger partial charge in [-0.05, 0) is 25.7 Å². The Bertz CT molecular complexity index is 1160. The molecule has 6 heteroatoms. The maximum Gasteiger partial charge on any atom is 0.305 e. The summed E-state index contributed by atoms with van der Waals surface area (Å²) < 4.78 is 5.52. The lowest BCUT2D eigenvalue weighted by Crippen LogP contribution is -2.45. The third kappa shape index (κ3) is 66.0. The van der Waals surface area contributed by atoms with E-state index < -0.39 is 12.1 Å². The molecule has 0 heterocycles. The van der Waals surface area contributed by atoms with E-state index in [0.29, 0.717) is 25.9 Å². The van der Waals surface area contributed by atoms with Crippen molar-refractivity contribution < 1.29 is 24.5 Å². The molecule has 478 valence electrons. The monoisotopic (exact) mass is 1130 g/mol. The van der Waals surface area contributed by atoms with Crippen LogP contribution in [0.2, 0.25) is 0 Å². The summed E-state index contributed by atoms with van der Waals surface area (Å²) in [5, 5.41) is 23.3. The summed E-state index contributed by atoms with van der Waals surface area (Å²) in [6.45, 7) is 5.01. The number of unbranched alkanes of at least 4 members (excludes halogenated alkanes) is 60. The van der Waals surface area contributed by atoms with E-state index in [4.69, 9.17) is 4.74 Å². The predicted octanol–water partition coefficient (Wildman–Crippen LogP) is 24.2. The predicted molar refractivity (Wildman–Crippen MR) is 352 cm³/mol. The zero-order valence-corrected chi connectivity index (χ0v) is 54.9.